The molecule has 0 aliphatic rings. The van der Waals surface area contributed by atoms with Crippen LogP contribution in [0, 0.1) is 0 Å². The third-order valence-corrected chi connectivity index (χ3v) is 0. The Balaban J connectivity index is 0. The lowest BCUT2D eigenvalue weighted by Gasteiger charge is -2.04. The van der Waals surface area contributed by atoms with E-state index in [2.05, 4.69) is 9.24 Å². The van der Waals surface area contributed by atoms with Gasteiger partial charge in [-0.05, 0) is 20.8 Å². The van der Waals surface area contributed by atoms with E-state index in [9.17, 15) is 0 Å². The van der Waals surface area contributed by atoms with Crippen molar-refractivity contribution in [1.82, 2.24) is 0 Å². The molecular weight excluding hydrogens is 123 g/mol. The van der Waals surface area contributed by atoms with E-state index in [1.165, 1.54) is 0 Å². The van der Waals surface area contributed by atoms with Crippen molar-refractivity contribution in [3.63, 3.8) is 0 Å². The van der Waals surface area contributed by atoms with Crippen molar-refractivity contribution in [1.29, 1.82) is 0 Å². The summed E-state index contributed by atoms with van der Waals surface area (Å²) in [6.45, 7) is 5.34. The first-order valence-electron chi connectivity index (χ1n) is 2.54. The van der Waals surface area contributed by atoms with Gasteiger partial charge >= 0.3 is 0 Å². The summed E-state index contributed by atoms with van der Waals surface area (Å²) in [7, 11) is 2.27. The van der Waals surface area contributed by atoms with Crippen molar-refractivity contribution in [2.75, 3.05) is 6.61 Å². The highest BCUT2D eigenvalue weighted by Crippen LogP contribution is 2.08. The molecule has 0 aliphatic heterocycles. The van der Waals surface area contributed by atoms with Gasteiger partial charge in [0.1, 0.15) is 0 Å². The van der Waals surface area contributed by atoms with Gasteiger partial charge in [-0.2, -0.15) is 0 Å². The Morgan fingerprint density at radius 1 is 1.50 bits per heavy atom. The monoisotopic (exact) mass is 138 g/mol. The standard InChI is InChI=1S/C3H9OP.C2H6O/c1-3(2,4)5;1-2-3/h4H,5H2,1-2H3;3H,2H2,1H3. The molecular formula is C5H15O2P. The van der Waals surface area contributed by atoms with Gasteiger partial charge in [0.05, 0.1) is 5.34 Å². The molecule has 3 heteroatoms. The normalized spacial score (nSPS) is 9.75. The molecule has 2 nitrogen and oxygen atoms in total. The van der Waals surface area contributed by atoms with Crippen molar-refractivity contribution in [2.45, 2.75) is 26.1 Å². The van der Waals surface area contributed by atoms with Gasteiger partial charge in [0.2, 0.25) is 0 Å². The van der Waals surface area contributed by atoms with Crippen LogP contribution in [-0.2, 0) is 0 Å². The average Bonchev–Trinajstić information content (AvgIpc) is 1.27. The molecule has 0 aromatic carbocycles. The summed E-state index contributed by atoms with van der Waals surface area (Å²) in [6, 6.07) is 0. The molecule has 0 aliphatic carbocycles. The zero-order valence-corrected chi connectivity index (χ0v) is 6.83. The highest BCUT2D eigenvalue weighted by Gasteiger charge is 1.98. The molecule has 1 unspecified atom stereocenters. The first-order valence-corrected chi connectivity index (χ1v) is 3.11. The second kappa shape index (κ2) is 5.49. The predicted molar refractivity (Wildman–Crippen MR) is 38.8 cm³/mol. The molecule has 2 N–H and O–H groups in total. The maximum Gasteiger partial charge on any atom is 0.0722 e. The molecule has 0 bridgehead atoms. The van der Waals surface area contributed by atoms with Gasteiger partial charge in [0.15, 0.2) is 0 Å². The van der Waals surface area contributed by atoms with Crippen LogP contribution in [0.5, 0.6) is 0 Å². The Kier molecular flexibility index (Phi) is 7.67. The number of aliphatic hydroxyl groups excluding tert-OH is 1. The van der Waals surface area contributed by atoms with E-state index < -0.39 is 5.34 Å². The van der Waals surface area contributed by atoms with E-state index >= 15 is 0 Å². The fourth-order valence-electron chi connectivity index (χ4n) is 0. The fraction of sp³-hybridized carbons (Fsp3) is 1.00. The van der Waals surface area contributed by atoms with E-state index in [4.69, 9.17) is 10.2 Å². The zero-order chi connectivity index (χ0) is 7.21. The summed E-state index contributed by atoms with van der Waals surface area (Å²) in [4.78, 5) is 0. The summed E-state index contributed by atoms with van der Waals surface area (Å²) in [5.41, 5.74) is 0. The van der Waals surface area contributed by atoms with Crippen LogP contribution in [0.4, 0.5) is 0 Å². The van der Waals surface area contributed by atoms with Gasteiger partial charge in [-0.3, -0.25) is 0 Å². The quantitative estimate of drug-likeness (QED) is 0.481. The molecule has 0 spiro atoms. The van der Waals surface area contributed by atoms with Crippen molar-refractivity contribution < 1.29 is 10.2 Å². The number of rotatable bonds is 0. The lowest BCUT2D eigenvalue weighted by atomic mass is 10.5. The van der Waals surface area contributed by atoms with Crippen LogP contribution in [-0.4, -0.2) is 22.2 Å². The minimum absolute atomic E-state index is 0.250. The average molecular weight is 138 g/mol. The second-order valence-corrected chi connectivity index (χ2v) is 3.38. The van der Waals surface area contributed by atoms with Crippen molar-refractivity contribution in [3.05, 3.63) is 0 Å². The number of aliphatic hydroxyl groups is 2. The SMILES string of the molecule is CC(C)(O)P.CCO. The van der Waals surface area contributed by atoms with Gasteiger partial charge in [-0.15, -0.1) is 9.24 Å². The predicted octanol–water partition coefficient (Wildman–Crippen LogP) is 0.588. The summed E-state index contributed by atoms with van der Waals surface area (Å²) in [5, 5.41) is 15.5. The molecule has 0 fully saturated rings. The molecule has 8 heavy (non-hydrogen) atoms. The summed E-state index contributed by atoms with van der Waals surface area (Å²) < 4.78 is 0. The van der Waals surface area contributed by atoms with E-state index in [1.54, 1.807) is 20.8 Å². The highest BCUT2D eigenvalue weighted by molar-refractivity contribution is 7.18. The molecule has 0 rings (SSSR count). The molecule has 0 saturated heterocycles. The van der Waals surface area contributed by atoms with Gasteiger partial charge in [0.25, 0.3) is 0 Å². The van der Waals surface area contributed by atoms with Crippen LogP contribution < -0.4 is 0 Å². The highest BCUT2D eigenvalue weighted by atomic mass is 31.0. The van der Waals surface area contributed by atoms with Gasteiger partial charge in [0, 0.05) is 6.61 Å². The minimum atomic E-state index is -0.583. The topological polar surface area (TPSA) is 40.5 Å². The molecule has 0 saturated carbocycles. The summed E-state index contributed by atoms with van der Waals surface area (Å²) in [5.74, 6) is 0. The van der Waals surface area contributed by atoms with Crippen molar-refractivity contribution in [2.24, 2.45) is 0 Å². The third-order valence-electron chi connectivity index (χ3n) is 0. The molecule has 0 heterocycles. The fourth-order valence-corrected chi connectivity index (χ4v) is 0. The lowest BCUT2D eigenvalue weighted by molar-refractivity contribution is 0.178. The maximum absolute atomic E-state index is 8.48. The second-order valence-electron chi connectivity index (χ2n) is 1.97. The van der Waals surface area contributed by atoms with E-state index in [0.717, 1.165) is 0 Å². The first-order chi connectivity index (χ1) is 3.41. The Bertz CT molecular complexity index is 34.2. The Hall–Kier alpha value is 0.350. The van der Waals surface area contributed by atoms with Crippen LogP contribution in [0.25, 0.3) is 0 Å². The largest absolute Gasteiger partial charge is 0.397 e. The zero-order valence-electron chi connectivity index (χ0n) is 5.68. The maximum atomic E-state index is 8.48. The number of hydrogen-bond acceptors (Lipinski definition) is 2. The Morgan fingerprint density at radius 2 is 1.50 bits per heavy atom. The van der Waals surface area contributed by atoms with Crippen LogP contribution in [0.15, 0.2) is 0 Å². The number of hydrogen-bond donors (Lipinski definition) is 2. The Labute approximate surface area is 53.1 Å². The van der Waals surface area contributed by atoms with Crippen LogP contribution in [0.1, 0.15) is 20.8 Å². The van der Waals surface area contributed by atoms with Crippen molar-refractivity contribution in [3.8, 4) is 0 Å². The van der Waals surface area contributed by atoms with Crippen molar-refractivity contribution >= 4 is 9.24 Å². The summed E-state index contributed by atoms with van der Waals surface area (Å²) in [6.07, 6.45) is 0. The third kappa shape index (κ3) is 1480. The molecule has 52 valence electrons. The summed E-state index contributed by atoms with van der Waals surface area (Å²) >= 11 is 0. The molecule has 0 aromatic heterocycles. The minimum Gasteiger partial charge on any atom is -0.397 e. The molecule has 1 atom stereocenters. The van der Waals surface area contributed by atoms with Gasteiger partial charge < -0.3 is 10.2 Å². The first kappa shape index (κ1) is 11.2. The van der Waals surface area contributed by atoms with Gasteiger partial charge in [-0.25, -0.2) is 0 Å². The lowest BCUT2D eigenvalue weighted by Crippen LogP contribution is -2.04. The Morgan fingerprint density at radius 3 is 1.50 bits per heavy atom. The van der Waals surface area contributed by atoms with Crippen LogP contribution in [0.3, 0.4) is 0 Å². The van der Waals surface area contributed by atoms with Gasteiger partial charge in [-0.1, -0.05) is 0 Å². The molecule has 0 radical (unpaired) electrons. The molecule has 0 aromatic rings. The molecule has 0 amide bonds. The smallest absolute Gasteiger partial charge is 0.0722 e. The van der Waals surface area contributed by atoms with E-state index in [1.807, 2.05) is 0 Å². The van der Waals surface area contributed by atoms with E-state index in [-0.39, 0.29) is 6.61 Å². The van der Waals surface area contributed by atoms with Crippen LogP contribution in [0.2, 0.25) is 0 Å². The van der Waals surface area contributed by atoms with Crippen LogP contribution >= 0.6 is 9.24 Å². The van der Waals surface area contributed by atoms with E-state index in [0.29, 0.717) is 0 Å².